The molecule has 0 aromatic heterocycles. The van der Waals surface area contributed by atoms with Crippen LogP contribution >= 0.6 is 0 Å². The van der Waals surface area contributed by atoms with E-state index in [1.165, 1.54) is 18.5 Å². The van der Waals surface area contributed by atoms with Gasteiger partial charge in [0.1, 0.15) is 0 Å². The van der Waals surface area contributed by atoms with Gasteiger partial charge in [0, 0.05) is 6.54 Å². The van der Waals surface area contributed by atoms with E-state index in [4.69, 9.17) is 0 Å². The van der Waals surface area contributed by atoms with Crippen molar-refractivity contribution in [2.24, 2.45) is 0 Å². The van der Waals surface area contributed by atoms with Gasteiger partial charge in [0.25, 0.3) is 0 Å². The molecule has 1 unspecified atom stereocenters. The average molecular weight is 202 g/mol. The lowest BCUT2D eigenvalue weighted by Crippen LogP contribution is -2.47. The second-order valence-corrected chi connectivity index (χ2v) is 4.00. The first kappa shape index (κ1) is 10.4. The minimum absolute atomic E-state index is 0.388. The molecule has 1 atom stereocenters. The molecular weight excluding hydrogens is 184 g/mol. The maximum Gasteiger partial charge on any atom is 0.0790 e. The Labute approximate surface area is 91.6 Å². The Hall–Kier alpha value is -1.12. The predicted octanol–water partition coefficient (Wildman–Crippen LogP) is 1.95. The highest BCUT2D eigenvalue weighted by Crippen LogP contribution is 2.06. The van der Waals surface area contributed by atoms with Crippen LogP contribution in [0.3, 0.4) is 0 Å². The van der Waals surface area contributed by atoms with Crippen molar-refractivity contribution in [3.8, 4) is 0 Å². The van der Waals surface area contributed by atoms with Gasteiger partial charge in [-0.2, -0.15) is 0 Å². The quantitative estimate of drug-likeness (QED) is 0.788. The minimum Gasteiger partial charge on any atom is -0.298 e. The molecule has 15 heavy (non-hydrogen) atoms. The maximum absolute atomic E-state index is 3.48. The second-order valence-electron chi connectivity index (χ2n) is 4.00. The lowest BCUT2D eigenvalue weighted by atomic mass is 10.2. The fourth-order valence-electron chi connectivity index (χ4n) is 1.85. The molecular formula is C13H18N2. The van der Waals surface area contributed by atoms with Gasteiger partial charge in [0.05, 0.1) is 6.17 Å². The van der Waals surface area contributed by atoms with E-state index in [1.807, 2.05) is 6.07 Å². The molecule has 1 aromatic carbocycles. The summed E-state index contributed by atoms with van der Waals surface area (Å²) in [6.45, 7) is 2.30. The van der Waals surface area contributed by atoms with Crippen molar-refractivity contribution in [2.45, 2.75) is 12.6 Å². The van der Waals surface area contributed by atoms with Crippen LogP contribution in [-0.2, 0) is 0 Å². The topological polar surface area (TPSA) is 15.3 Å². The first-order valence-electron chi connectivity index (χ1n) is 5.53. The van der Waals surface area contributed by atoms with Crippen LogP contribution in [0.15, 0.2) is 36.4 Å². The highest BCUT2D eigenvalue weighted by atomic mass is 15.3. The van der Waals surface area contributed by atoms with E-state index < -0.39 is 0 Å². The Morgan fingerprint density at radius 1 is 1.33 bits per heavy atom. The molecule has 1 saturated heterocycles. The minimum atomic E-state index is 0.388. The molecule has 2 nitrogen and oxygen atoms in total. The molecule has 80 valence electrons. The van der Waals surface area contributed by atoms with Gasteiger partial charge in [-0.1, -0.05) is 42.5 Å². The molecule has 1 fully saturated rings. The highest BCUT2D eigenvalue weighted by Gasteiger charge is 2.14. The van der Waals surface area contributed by atoms with E-state index in [2.05, 4.69) is 53.7 Å². The molecule has 0 saturated carbocycles. The number of nitrogens with one attached hydrogen (secondary N) is 1. The van der Waals surface area contributed by atoms with Crippen molar-refractivity contribution < 1.29 is 0 Å². The molecule has 0 spiro atoms. The summed E-state index contributed by atoms with van der Waals surface area (Å²) in [5.41, 5.74) is 1.26. The first-order valence-corrected chi connectivity index (χ1v) is 5.53. The number of rotatable bonds is 2. The molecule has 0 aliphatic carbocycles. The van der Waals surface area contributed by atoms with Gasteiger partial charge in [0.2, 0.25) is 0 Å². The number of likely N-dealkylation sites (N-methyl/N-ethyl adjacent to an activating group) is 1. The molecule has 0 amide bonds. The Morgan fingerprint density at radius 3 is 2.87 bits per heavy atom. The second kappa shape index (κ2) is 5.10. The Morgan fingerprint density at radius 2 is 2.13 bits per heavy atom. The molecule has 0 radical (unpaired) electrons. The lowest BCUT2D eigenvalue weighted by Gasteiger charge is -2.31. The Balaban J connectivity index is 1.98. The van der Waals surface area contributed by atoms with Crippen molar-refractivity contribution in [3.63, 3.8) is 0 Å². The van der Waals surface area contributed by atoms with Crippen LogP contribution in [0.1, 0.15) is 12.0 Å². The third kappa shape index (κ3) is 2.91. The number of benzene rings is 1. The van der Waals surface area contributed by atoms with Gasteiger partial charge < -0.3 is 0 Å². The predicted molar refractivity (Wildman–Crippen MR) is 64.5 cm³/mol. The summed E-state index contributed by atoms with van der Waals surface area (Å²) in [6, 6.07) is 10.4. The lowest BCUT2D eigenvalue weighted by molar-refractivity contribution is 0.204. The molecule has 1 heterocycles. The fraction of sp³-hybridized carbons (Fsp3) is 0.385. The van der Waals surface area contributed by atoms with Gasteiger partial charge in [-0.05, 0) is 25.6 Å². The van der Waals surface area contributed by atoms with Crippen LogP contribution in [-0.4, -0.2) is 31.2 Å². The van der Waals surface area contributed by atoms with Crippen molar-refractivity contribution in [1.29, 1.82) is 0 Å². The summed E-state index contributed by atoms with van der Waals surface area (Å²) in [4.78, 5) is 2.34. The molecule has 2 heteroatoms. The van der Waals surface area contributed by atoms with Gasteiger partial charge >= 0.3 is 0 Å². The van der Waals surface area contributed by atoms with Crippen LogP contribution < -0.4 is 5.32 Å². The zero-order chi connectivity index (χ0) is 10.5. The van der Waals surface area contributed by atoms with Gasteiger partial charge in [-0.25, -0.2) is 0 Å². The standard InChI is InChI=1S/C13H18N2/c1-15-11-5-10-14-13(15)9-8-12-6-3-2-4-7-12/h2-4,6-9,13-14H,5,10-11H2,1H3/b9-8+. The molecule has 1 aromatic rings. The normalized spacial score (nSPS) is 23.4. The van der Waals surface area contributed by atoms with Crippen molar-refractivity contribution >= 4 is 6.08 Å². The number of hydrogen-bond acceptors (Lipinski definition) is 2. The first-order chi connectivity index (χ1) is 7.36. The SMILES string of the molecule is CN1CCCNC1/C=C/c1ccccc1. The van der Waals surface area contributed by atoms with E-state index in [1.54, 1.807) is 0 Å². The van der Waals surface area contributed by atoms with E-state index >= 15 is 0 Å². The van der Waals surface area contributed by atoms with Crippen LogP contribution in [0.5, 0.6) is 0 Å². The van der Waals surface area contributed by atoms with Gasteiger partial charge in [-0.15, -0.1) is 0 Å². The number of nitrogens with zero attached hydrogens (tertiary/aromatic N) is 1. The fourth-order valence-corrected chi connectivity index (χ4v) is 1.85. The molecule has 2 rings (SSSR count). The smallest absolute Gasteiger partial charge is 0.0790 e. The molecule has 1 aliphatic rings. The van der Waals surface area contributed by atoms with Crippen molar-refractivity contribution in [1.82, 2.24) is 10.2 Å². The van der Waals surface area contributed by atoms with Crippen LogP contribution in [0.2, 0.25) is 0 Å². The summed E-state index contributed by atoms with van der Waals surface area (Å²) in [5.74, 6) is 0. The Kier molecular flexibility index (Phi) is 3.54. The monoisotopic (exact) mass is 202 g/mol. The number of hydrogen-bond donors (Lipinski definition) is 1. The van der Waals surface area contributed by atoms with Crippen molar-refractivity contribution in [2.75, 3.05) is 20.1 Å². The van der Waals surface area contributed by atoms with E-state index in [0.29, 0.717) is 6.17 Å². The molecule has 0 bridgehead atoms. The van der Waals surface area contributed by atoms with Gasteiger partial charge in [0.15, 0.2) is 0 Å². The zero-order valence-corrected chi connectivity index (χ0v) is 9.19. The van der Waals surface area contributed by atoms with E-state index in [-0.39, 0.29) is 0 Å². The van der Waals surface area contributed by atoms with Crippen LogP contribution in [0.4, 0.5) is 0 Å². The zero-order valence-electron chi connectivity index (χ0n) is 9.19. The average Bonchev–Trinajstić information content (AvgIpc) is 2.29. The summed E-state index contributed by atoms with van der Waals surface area (Å²) >= 11 is 0. The largest absolute Gasteiger partial charge is 0.298 e. The summed E-state index contributed by atoms with van der Waals surface area (Å²) < 4.78 is 0. The highest BCUT2D eigenvalue weighted by molar-refractivity contribution is 5.49. The summed E-state index contributed by atoms with van der Waals surface area (Å²) in [7, 11) is 2.16. The van der Waals surface area contributed by atoms with E-state index in [0.717, 1.165) is 6.54 Å². The van der Waals surface area contributed by atoms with Crippen LogP contribution in [0, 0.1) is 0 Å². The molecule has 1 N–H and O–H groups in total. The van der Waals surface area contributed by atoms with E-state index in [9.17, 15) is 0 Å². The maximum atomic E-state index is 3.48. The third-order valence-electron chi connectivity index (χ3n) is 2.79. The van der Waals surface area contributed by atoms with Gasteiger partial charge in [-0.3, -0.25) is 10.2 Å². The van der Waals surface area contributed by atoms with Crippen molar-refractivity contribution in [3.05, 3.63) is 42.0 Å². The summed E-state index contributed by atoms with van der Waals surface area (Å²) in [6.07, 6.45) is 6.04. The summed E-state index contributed by atoms with van der Waals surface area (Å²) in [5, 5.41) is 3.48. The molecule has 1 aliphatic heterocycles. The third-order valence-corrected chi connectivity index (χ3v) is 2.79. The van der Waals surface area contributed by atoms with Crippen LogP contribution in [0.25, 0.3) is 6.08 Å². The Bertz CT molecular complexity index is 319.